The average Bonchev–Trinajstić information content (AvgIpc) is 2.96. The molecule has 2 aromatic rings. The summed E-state index contributed by atoms with van der Waals surface area (Å²) in [7, 11) is 0. The highest BCUT2D eigenvalue weighted by atomic mass is 35.5. The van der Waals surface area contributed by atoms with E-state index < -0.39 is 11.9 Å². The fourth-order valence-corrected chi connectivity index (χ4v) is 3.49. The molecule has 3 rings (SSSR count). The van der Waals surface area contributed by atoms with E-state index in [4.69, 9.17) is 38.4 Å². The number of aromatic amines is 1. The number of carbonyl (C=O) groups excluding carboxylic acids is 1. The second-order valence-electron chi connectivity index (χ2n) is 5.46. The molecule has 1 aromatic carbocycles. The van der Waals surface area contributed by atoms with E-state index in [0.29, 0.717) is 26.9 Å². The van der Waals surface area contributed by atoms with Crippen LogP contribution in [0.3, 0.4) is 0 Å². The molecule has 1 aliphatic heterocycles. The summed E-state index contributed by atoms with van der Waals surface area (Å²) in [6.07, 6.45) is -0.0727. The number of ether oxygens (including phenoxy) is 2. The maximum Gasteiger partial charge on any atom is 0.311 e. The number of carbonyl (C=O) groups is 1. The highest BCUT2D eigenvalue weighted by Crippen LogP contribution is 2.47. The fourth-order valence-electron chi connectivity index (χ4n) is 2.87. The van der Waals surface area contributed by atoms with Gasteiger partial charge in [0.2, 0.25) is 11.8 Å². The largest absolute Gasteiger partial charge is 0.466 e. The zero-order valence-electron chi connectivity index (χ0n) is 13.7. The number of hydrogen-bond donors (Lipinski definition) is 2. The summed E-state index contributed by atoms with van der Waals surface area (Å²) in [6, 6.07) is 7.07. The standard InChI is InChI=1S/C17H14Cl2N4O3/c1-2-25-12(24)6-11-15-13(14-9(18)4-3-5-10(14)19)8(7-20)16(21)26-17(15)23-22-11/h3-5,13H,2,6,21H2,1H3,(H,22,23)/t13-/m1/s1. The van der Waals surface area contributed by atoms with Crippen molar-refractivity contribution in [1.29, 1.82) is 5.26 Å². The van der Waals surface area contributed by atoms with Gasteiger partial charge in [0.15, 0.2) is 0 Å². The minimum Gasteiger partial charge on any atom is -0.466 e. The van der Waals surface area contributed by atoms with Crippen molar-refractivity contribution >= 4 is 29.2 Å². The Bertz CT molecular complexity index is 926. The van der Waals surface area contributed by atoms with E-state index in [-0.39, 0.29) is 30.4 Å². The second kappa shape index (κ2) is 7.28. The van der Waals surface area contributed by atoms with Crippen LogP contribution in [0.5, 0.6) is 5.88 Å². The van der Waals surface area contributed by atoms with Crippen LogP contribution in [0.2, 0.25) is 10.0 Å². The molecule has 1 atom stereocenters. The van der Waals surface area contributed by atoms with Gasteiger partial charge in [-0.05, 0) is 19.1 Å². The third kappa shape index (κ3) is 3.09. The molecule has 134 valence electrons. The lowest BCUT2D eigenvalue weighted by Gasteiger charge is -2.25. The molecule has 0 amide bonds. The summed E-state index contributed by atoms with van der Waals surface area (Å²) in [5.41, 5.74) is 7.45. The molecule has 2 heterocycles. The van der Waals surface area contributed by atoms with E-state index in [1.165, 1.54) is 0 Å². The van der Waals surface area contributed by atoms with Crippen LogP contribution in [0.15, 0.2) is 29.7 Å². The van der Waals surface area contributed by atoms with Crippen LogP contribution in [0, 0.1) is 11.3 Å². The topological polar surface area (TPSA) is 114 Å². The van der Waals surface area contributed by atoms with Gasteiger partial charge in [0.25, 0.3) is 0 Å². The highest BCUT2D eigenvalue weighted by Gasteiger charge is 2.37. The number of nitrogens with zero attached hydrogens (tertiary/aromatic N) is 2. The Hall–Kier alpha value is -2.69. The molecule has 3 N–H and O–H groups in total. The number of nitrogens with two attached hydrogens (primary N) is 1. The molecule has 7 nitrogen and oxygen atoms in total. The summed E-state index contributed by atoms with van der Waals surface area (Å²) in [4.78, 5) is 11.9. The molecular formula is C17H14Cl2N4O3. The van der Waals surface area contributed by atoms with Crippen molar-refractivity contribution in [3.05, 3.63) is 56.5 Å². The normalized spacial score (nSPS) is 15.8. The lowest BCUT2D eigenvalue weighted by atomic mass is 9.83. The second-order valence-corrected chi connectivity index (χ2v) is 6.28. The third-order valence-electron chi connectivity index (χ3n) is 3.93. The monoisotopic (exact) mass is 392 g/mol. The number of hydrogen-bond acceptors (Lipinski definition) is 6. The van der Waals surface area contributed by atoms with E-state index in [1.54, 1.807) is 25.1 Å². The van der Waals surface area contributed by atoms with Crippen molar-refractivity contribution in [2.75, 3.05) is 6.61 Å². The number of nitrogens with one attached hydrogen (secondary N) is 1. The number of rotatable bonds is 4. The molecule has 0 unspecified atom stereocenters. The van der Waals surface area contributed by atoms with Crippen LogP contribution in [-0.2, 0) is 16.0 Å². The zero-order chi connectivity index (χ0) is 18.8. The van der Waals surface area contributed by atoms with Crippen molar-refractivity contribution in [1.82, 2.24) is 10.2 Å². The number of allylic oxidation sites excluding steroid dienone is 1. The van der Waals surface area contributed by atoms with Gasteiger partial charge in [0.05, 0.1) is 30.2 Å². The van der Waals surface area contributed by atoms with Gasteiger partial charge in [-0.25, -0.2) is 0 Å². The molecule has 0 saturated carbocycles. The molecule has 0 aliphatic carbocycles. The maximum absolute atomic E-state index is 11.9. The first-order valence-corrected chi connectivity index (χ1v) is 8.47. The summed E-state index contributed by atoms with van der Waals surface area (Å²) in [5.74, 6) is -1.07. The SMILES string of the molecule is CCOC(=O)Cc1[nH]nc2c1[C@@H](c1c(Cl)cccc1Cl)C(C#N)=C(N)O2. The van der Waals surface area contributed by atoms with Gasteiger partial charge in [-0.1, -0.05) is 29.3 Å². The molecular weight excluding hydrogens is 379 g/mol. The molecule has 0 bridgehead atoms. The Balaban J connectivity index is 2.19. The van der Waals surface area contributed by atoms with E-state index in [9.17, 15) is 10.1 Å². The predicted molar refractivity (Wildman–Crippen MR) is 94.7 cm³/mol. The molecule has 0 radical (unpaired) electrons. The first kappa shape index (κ1) is 18.1. The average molecular weight is 393 g/mol. The molecule has 1 aromatic heterocycles. The lowest BCUT2D eigenvalue weighted by molar-refractivity contribution is -0.142. The van der Waals surface area contributed by atoms with Crippen LogP contribution >= 0.6 is 23.2 Å². The van der Waals surface area contributed by atoms with Crippen molar-refractivity contribution in [2.45, 2.75) is 19.3 Å². The quantitative estimate of drug-likeness (QED) is 0.772. The Morgan fingerprint density at radius 3 is 2.73 bits per heavy atom. The minimum absolute atomic E-state index is 0.0727. The van der Waals surface area contributed by atoms with E-state index in [0.717, 1.165) is 0 Å². The Labute approximate surface area is 159 Å². The number of benzene rings is 1. The van der Waals surface area contributed by atoms with Gasteiger partial charge < -0.3 is 15.2 Å². The Morgan fingerprint density at radius 1 is 1.42 bits per heavy atom. The first-order chi connectivity index (χ1) is 12.5. The van der Waals surface area contributed by atoms with E-state index in [2.05, 4.69) is 10.2 Å². The van der Waals surface area contributed by atoms with Crippen LogP contribution < -0.4 is 10.5 Å². The van der Waals surface area contributed by atoms with Crippen LogP contribution in [-0.4, -0.2) is 22.8 Å². The highest BCUT2D eigenvalue weighted by molar-refractivity contribution is 6.36. The maximum atomic E-state index is 11.9. The summed E-state index contributed by atoms with van der Waals surface area (Å²) < 4.78 is 10.4. The number of fused-ring (bicyclic) bond motifs is 1. The Morgan fingerprint density at radius 2 is 2.12 bits per heavy atom. The summed E-state index contributed by atoms with van der Waals surface area (Å²) in [5, 5.41) is 17.2. The molecule has 9 heteroatoms. The molecule has 26 heavy (non-hydrogen) atoms. The van der Waals surface area contributed by atoms with Crippen LogP contribution in [0.1, 0.15) is 29.7 Å². The number of halogens is 2. The molecule has 0 saturated heterocycles. The molecule has 0 spiro atoms. The fraction of sp³-hybridized carbons (Fsp3) is 0.235. The van der Waals surface area contributed by atoms with E-state index in [1.807, 2.05) is 6.07 Å². The van der Waals surface area contributed by atoms with Gasteiger partial charge in [-0.2, -0.15) is 5.26 Å². The van der Waals surface area contributed by atoms with E-state index >= 15 is 0 Å². The van der Waals surface area contributed by atoms with Crippen molar-refractivity contribution in [3.8, 4) is 11.9 Å². The lowest BCUT2D eigenvalue weighted by Crippen LogP contribution is -2.22. The summed E-state index contributed by atoms with van der Waals surface area (Å²) >= 11 is 12.7. The minimum atomic E-state index is -0.715. The van der Waals surface area contributed by atoms with Gasteiger partial charge in [0.1, 0.15) is 11.6 Å². The first-order valence-electron chi connectivity index (χ1n) is 7.72. The number of esters is 1. The van der Waals surface area contributed by atoms with Gasteiger partial charge in [0, 0.05) is 15.6 Å². The van der Waals surface area contributed by atoms with Gasteiger partial charge >= 0.3 is 5.97 Å². The molecule has 1 aliphatic rings. The number of aromatic nitrogens is 2. The zero-order valence-corrected chi connectivity index (χ0v) is 15.2. The smallest absolute Gasteiger partial charge is 0.311 e. The predicted octanol–water partition coefficient (Wildman–Crippen LogP) is 3.04. The van der Waals surface area contributed by atoms with Crippen molar-refractivity contribution in [2.24, 2.45) is 5.73 Å². The van der Waals surface area contributed by atoms with Crippen molar-refractivity contribution < 1.29 is 14.3 Å². The van der Waals surface area contributed by atoms with Crippen LogP contribution in [0.4, 0.5) is 0 Å². The van der Waals surface area contributed by atoms with Crippen LogP contribution in [0.25, 0.3) is 0 Å². The third-order valence-corrected chi connectivity index (χ3v) is 4.59. The Kier molecular flexibility index (Phi) is 5.07. The number of nitriles is 1. The van der Waals surface area contributed by atoms with Gasteiger partial charge in [-0.3, -0.25) is 9.89 Å². The van der Waals surface area contributed by atoms with Gasteiger partial charge in [-0.15, -0.1) is 5.10 Å². The number of H-pyrrole nitrogens is 1. The summed E-state index contributed by atoms with van der Waals surface area (Å²) in [6.45, 7) is 1.97. The molecule has 0 fully saturated rings. The van der Waals surface area contributed by atoms with Crippen molar-refractivity contribution in [3.63, 3.8) is 0 Å².